The van der Waals surface area contributed by atoms with Crippen LogP contribution in [0, 0.1) is 0 Å². The van der Waals surface area contributed by atoms with E-state index in [0.717, 1.165) is 24.7 Å². The van der Waals surface area contributed by atoms with Gasteiger partial charge < -0.3 is 9.84 Å². The quantitative estimate of drug-likeness (QED) is 0.745. The first-order valence-corrected chi connectivity index (χ1v) is 5.00. The summed E-state index contributed by atoms with van der Waals surface area (Å²) in [5.41, 5.74) is 0. The Labute approximate surface area is 76.7 Å². The second-order valence-corrected chi connectivity index (χ2v) is 3.91. The van der Waals surface area contributed by atoms with Gasteiger partial charge in [-0.15, -0.1) is 0 Å². The smallest absolute Gasteiger partial charge is 0.229 e. The molecule has 1 atom stereocenters. The topological polar surface area (TPSA) is 51.0 Å². The zero-order valence-electron chi connectivity index (χ0n) is 7.49. The first kappa shape index (κ1) is 7.50. The molecule has 2 aliphatic rings. The molecule has 4 heteroatoms. The van der Waals surface area contributed by atoms with Gasteiger partial charge >= 0.3 is 0 Å². The number of hydrogen-bond donors (Lipinski definition) is 1. The molecule has 1 aliphatic heterocycles. The van der Waals surface area contributed by atoms with Crippen LogP contribution in [-0.2, 0) is 0 Å². The molecule has 0 bridgehead atoms. The Balaban J connectivity index is 1.79. The number of nitrogens with zero attached hydrogens (tertiary/aromatic N) is 2. The molecule has 2 fully saturated rings. The normalized spacial score (nSPS) is 28.2. The standard InChI is InChI=1S/C9H13N3O/c1-2-7(10-5-1)8-11-9(13-12-8)6-3-4-6/h6-7,10H,1-5H2/t7-/m0/s1. The monoisotopic (exact) mass is 179 g/mol. The minimum Gasteiger partial charge on any atom is -0.339 e. The predicted octanol–water partition coefficient (Wildman–Crippen LogP) is 1.37. The lowest BCUT2D eigenvalue weighted by Crippen LogP contribution is -2.14. The van der Waals surface area contributed by atoms with E-state index in [9.17, 15) is 0 Å². The van der Waals surface area contributed by atoms with E-state index in [2.05, 4.69) is 15.5 Å². The summed E-state index contributed by atoms with van der Waals surface area (Å²) >= 11 is 0. The van der Waals surface area contributed by atoms with E-state index in [0.29, 0.717) is 12.0 Å². The summed E-state index contributed by atoms with van der Waals surface area (Å²) in [6.07, 6.45) is 4.81. The molecule has 0 radical (unpaired) electrons. The van der Waals surface area contributed by atoms with Crippen molar-refractivity contribution in [2.45, 2.75) is 37.6 Å². The van der Waals surface area contributed by atoms with Crippen molar-refractivity contribution in [1.29, 1.82) is 0 Å². The molecule has 0 aromatic carbocycles. The largest absolute Gasteiger partial charge is 0.339 e. The summed E-state index contributed by atoms with van der Waals surface area (Å²) in [6, 6.07) is 0.344. The summed E-state index contributed by atoms with van der Waals surface area (Å²) in [4.78, 5) is 4.41. The van der Waals surface area contributed by atoms with Crippen molar-refractivity contribution in [2.24, 2.45) is 0 Å². The summed E-state index contributed by atoms with van der Waals surface area (Å²) in [5.74, 6) is 2.28. The molecular weight excluding hydrogens is 166 g/mol. The molecule has 0 spiro atoms. The van der Waals surface area contributed by atoms with Crippen LogP contribution in [0.5, 0.6) is 0 Å². The van der Waals surface area contributed by atoms with Gasteiger partial charge in [-0.1, -0.05) is 5.16 Å². The van der Waals surface area contributed by atoms with Crippen LogP contribution in [0.2, 0.25) is 0 Å². The molecule has 1 aromatic rings. The molecule has 1 N–H and O–H groups in total. The van der Waals surface area contributed by atoms with Crippen LogP contribution >= 0.6 is 0 Å². The summed E-state index contributed by atoms with van der Waals surface area (Å²) < 4.78 is 5.20. The van der Waals surface area contributed by atoms with Crippen molar-refractivity contribution in [3.63, 3.8) is 0 Å². The van der Waals surface area contributed by atoms with E-state index in [-0.39, 0.29) is 0 Å². The third kappa shape index (κ3) is 1.35. The van der Waals surface area contributed by atoms with Crippen LogP contribution in [0.25, 0.3) is 0 Å². The third-order valence-corrected chi connectivity index (χ3v) is 2.76. The molecule has 1 aliphatic carbocycles. The van der Waals surface area contributed by atoms with Gasteiger partial charge in [0, 0.05) is 5.92 Å². The maximum atomic E-state index is 5.20. The highest BCUT2D eigenvalue weighted by Gasteiger charge is 2.31. The SMILES string of the molecule is C1CN[C@H](c2noc(C3CC3)n2)C1. The van der Waals surface area contributed by atoms with Gasteiger partial charge in [-0.2, -0.15) is 4.98 Å². The molecular formula is C9H13N3O. The summed E-state index contributed by atoms with van der Waals surface area (Å²) in [7, 11) is 0. The Morgan fingerprint density at radius 2 is 2.23 bits per heavy atom. The van der Waals surface area contributed by atoms with E-state index in [1.165, 1.54) is 19.3 Å². The van der Waals surface area contributed by atoms with Gasteiger partial charge in [0.1, 0.15) is 0 Å². The van der Waals surface area contributed by atoms with Crippen LogP contribution in [0.4, 0.5) is 0 Å². The molecule has 4 nitrogen and oxygen atoms in total. The van der Waals surface area contributed by atoms with E-state index < -0.39 is 0 Å². The minimum atomic E-state index is 0.344. The predicted molar refractivity (Wildman–Crippen MR) is 46.3 cm³/mol. The van der Waals surface area contributed by atoms with Crippen molar-refractivity contribution in [1.82, 2.24) is 15.5 Å². The van der Waals surface area contributed by atoms with Gasteiger partial charge in [-0.25, -0.2) is 0 Å². The Morgan fingerprint density at radius 1 is 1.31 bits per heavy atom. The minimum absolute atomic E-state index is 0.344. The molecule has 0 unspecified atom stereocenters. The fraction of sp³-hybridized carbons (Fsp3) is 0.778. The Kier molecular flexibility index (Phi) is 1.62. The molecule has 0 amide bonds. The van der Waals surface area contributed by atoms with E-state index in [1.807, 2.05) is 0 Å². The van der Waals surface area contributed by atoms with Crippen LogP contribution in [-0.4, -0.2) is 16.7 Å². The van der Waals surface area contributed by atoms with Gasteiger partial charge in [0.25, 0.3) is 0 Å². The summed E-state index contributed by atoms with van der Waals surface area (Å²) in [5, 5.41) is 7.37. The first-order valence-electron chi connectivity index (χ1n) is 5.00. The van der Waals surface area contributed by atoms with E-state index >= 15 is 0 Å². The van der Waals surface area contributed by atoms with Crippen LogP contribution in [0.15, 0.2) is 4.52 Å². The fourth-order valence-electron chi connectivity index (χ4n) is 1.79. The van der Waals surface area contributed by atoms with Gasteiger partial charge in [-0.3, -0.25) is 0 Å². The van der Waals surface area contributed by atoms with Crippen LogP contribution < -0.4 is 5.32 Å². The Morgan fingerprint density at radius 3 is 2.92 bits per heavy atom. The molecule has 13 heavy (non-hydrogen) atoms. The average molecular weight is 179 g/mol. The van der Waals surface area contributed by atoms with Crippen molar-refractivity contribution in [2.75, 3.05) is 6.54 Å². The Bertz CT molecular complexity index is 300. The lowest BCUT2D eigenvalue weighted by molar-refractivity contribution is 0.369. The van der Waals surface area contributed by atoms with Crippen molar-refractivity contribution in [3.05, 3.63) is 11.7 Å². The van der Waals surface area contributed by atoms with Gasteiger partial charge in [0.15, 0.2) is 5.82 Å². The van der Waals surface area contributed by atoms with Gasteiger partial charge in [0.2, 0.25) is 5.89 Å². The average Bonchev–Trinajstić information content (AvgIpc) is 2.72. The number of aromatic nitrogens is 2. The third-order valence-electron chi connectivity index (χ3n) is 2.76. The molecule has 1 saturated heterocycles. The summed E-state index contributed by atoms with van der Waals surface area (Å²) in [6.45, 7) is 1.08. The molecule has 3 rings (SSSR count). The first-order chi connectivity index (χ1) is 6.43. The van der Waals surface area contributed by atoms with Crippen LogP contribution in [0.1, 0.15) is 49.4 Å². The number of rotatable bonds is 2. The highest BCUT2D eigenvalue weighted by molar-refractivity contribution is 5.04. The molecule has 2 heterocycles. The maximum absolute atomic E-state index is 5.20. The Hall–Kier alpha value is -0.900. The molecule has 1 saturated carbocycles. The van der Waals surface area contributed by atoms with E-state index in [1.54, 1.807) is 0 Å². The van der Waals surface area contributed by atoms with Gasteiger partial charge in [0.05, 0.1) is 6.04 Å². The lowest BCUT2D eigenvalue weighted by Gasteiger charge is -2.01. The zero-order valence-corrected chi connectivity index (χ0v) is 7.49. The highest BCUT2D eigenvalue weighted by atomic mass is 16.5. The maximum Gasteiger partial charge on any atom is 0.229 e. The second kappa shape index (κ2) is 2.80. The van der Waals surface area contributed by atoms with Crippen LogP contribution in [0.3, 0.4) is 0 Å². The zero-order chi connectivity index (χ0) is 8.67. The van der Waals surface area contributed by atoms with Crippen molar-refractivity contribution >= 4 is 0 Å². The molecule has 70 valence electrons. The van der Waals surface area contributed by atoms with Gasteiger partial charge in [-0.05, 0) is 32.2 Å². The number of hydrogen-bond acceptors (Lipinski definition) is 4. The van der Waals surface area contributed by atoms with E-state index in [4.69, 9.17) is 4.52 Å². The fourth-order valence-corrected chi connectivity index (χ4v) is 1.79. The number of nitrogens with one attached hydrogen (secondary N) is 1. The van der Waals surface area contributed by atoms with Crippen molar-refractivity contribution in [3.8, 4) is 0 Å². The lowest BCUT2D eigenvalue weighted by atomic mass is 10.2. The molecule has 1 aromatic heterocycles. The van der Waals surface area contributed by atoms with Crippen molar-refractivity contribution < 1.29 is 4.52 Å². The highest BCUT2D eigenvalue weighted by Crippen LogP contribution is 2.39. The second-order valence-electron chi connectivity index (χ2n) is 3.91.